The second-order valence-electron chi connectivity index (χ2n) is 15.0. The summed E-state index contributed by atoms with van der Waals surface area (Å²) < 4.78 is 23.5. The molecule has 3 N–H and O–H groups in total. The highest BCUT2D eigenvalue weighted by molar-refractivity contribution is 7.47. The fourth-order valence-corrected chi connectivity index (χ4v) is 6.60. The van der Waals surface area contributed by atoms with Crippen LogP contribution in [0.3, 0.4) is 0 Å². The van der Waals surface area contributed by atoms with Crippen molar-refractivity contribution in [3.05, 3.63) is 0 Å². The molecule has 0 bridgehead atoms. The number of amides is 1. The zero-order valence-electron chi connectivity index (χ0n) is 31.8. The minimum atomic E-state index is -4.30. The van der Waals surface area contributed by atoms with Gasteiger partial charge in [-0.05, 0) is 12.8 Å². The Morgan fingerprint density at radius 3 is 1.43 bits per heavy atom. The van der Waals surface area contributed by atoms with Gasteiger partial charge in [-0.3, -0.25) is 13.8 Å². The van der Waals surface area contributed by atoms with Crippen LogP contribution in [0.4, 0.5) is 0 Å². The Morgan fingerprint density at radius 1 is 0.638 bits per heavy atom. The van der Waals surface area contributed by atoms with Crippen LogP contribution in [-0.2, 0) is 18.4 Å². The van der Waals surface area contributed by atoms with Crippen LogP contribution in [0.1, 0.15) is 187 Å². The summed E-state index contributed by atoms with van der Waals surface area (Å²) >= 11 is 0. The molecule has 47 heavy (non-hydrogen) atoms. The summed E-state index contributed by atoms with van der Waals surface area (Å²) in [6.07, 6.45) is 31.2. The van der Waals surface area contributed by atoms with Gasteiger partial charge in [-0.2, -0.15) is 0 Å². The molecule has 0 radical (unpaired) electrons. The molecule has 0 aliphatic carbocycles. The van der Waals surface area contributed by atoms with Crippen molar-refractivity contribution < 1.29 is 32.9 Å². The normalized spacial score (nSPS) is 14.6. The van der Waals surface area contributed by atoms with Crippen molar-refractivity contribution in [3.63, 3.8) is 0 Å². The lowest BCUT2D eigenvalue weighted by Gasteiger charge is -2.26. The summed E-state index contributed by atoms with van der Waals surface area (Å²) in [5.41, 5.74) is 0. The lowest BCUT2D eigenvalue weighted by Crippen LogP contribution is -2.46. The van der Waals surface area contributed by atoms with Crippen molar-refractivity contribution in [2.75, 3.05) is 40.9 Å². The number of phosphoric acid groups is 1. The minimum absolute atomic E-state index is 0.0780. The standard InChI is InChI=1S/C38H79N2O6P/c1-6-8-10-12-14-16-18-19-20-21-22-24-26-28-30-32-38(42)39-36(35-46-47(43,44)45-34-33-40(3,4)5)37(41)31-29-27-25-23-17-15-13-11-9-7-2/h36-37,41H,6-35H2,1-5H3,(H-,39,42,43,44)/p+1. The number of aliphatic hydroxyl groups excluding tert-OH is 1. The molecular formula is C38H80N2O6P+. The van der Waals surface area contributed by atoms with E-state index in [1.807, 2.05) is 21.1 Å². The molecule has 0 heterocycles. The van der Waals surface area contributed by atoms with Gasteiger partial charge in [0, 0.05) is 6.42 Å². The van der Waals surface area contributed by atoms with Crippen molar-refractivity contribution in [1.82, 2.24) is 5.32 Å². The number of hydrogen-bond acceptors (Lipinski definition) is 5. The van der Waals surface area contributed by atoms with E-state index in [0.717, 1.165) is 38.5 Å². The van der Waals surface area contributed by atoms with E-state index in [-0.39, 0.29) is 19.1 Å². The third kappa shape index (κ3) is 33.8. The number of hydrogen-bond donors (Lipinski definition) is 3. The second-order valence-corrected chi connectivity index (χ2v) is 16.5. The summed E-state index contributed by atoms with van der Waals surface area (Å²) in [6, 6.07) is -0.750. The predicted molar refractivity (Wildman–Crippen MR) is 199 cm³/mol. The van der Waals surface area contributed by atoms with E-state index in [1.54, 1.807) is 0 Å². The lowest BCUT2D eigenvalue weighted by molar-refractivity contribution is -0.870. The van der Waals surface area contributed by atoms with Crippen molar-refractivity contribution in [2.24, 2.45) is 0 Å². The Kier molecular flexibility index (Phi) is 31.1. The zero-order valence-corrected chi connectivity index (χ0v) is 32.7. The van der Waals surface area contributed by atoms with E-state index in [1.165, 1.54) is 122 Å². The quantitative estimate of drug-likeness (QED) is 0.0343. The van der Waals surface area contributed by atoms with Crippen molar-refractivity contribution in [1.29, 1.82) is 0 Å². The number of quaternary nitrogens is 1. The van der Waals surface area contributed by atoms with E-state index in [4.69, 9.17) is 9.05 Å². The number of unbranched alkanes of at least 4 members (excludes halogenated alkanes) is 23. The first-order chi connectivity index (χ1) is 22.5. The SMILES string of the molecule is CCCCCCCCCCCCCCCCCC(=O)NC(COP(=O)(O)OCC[N+](C)(C)C)C(O)CCCCCCCCCCCC. The first kappa shape index (κ1) is 46.5. The molecule has 0 aromatic heterocycles. The maximum absolute atomic E-state index is 12.8. The van der Waals surface area contributed by atoms with E-state index < -0.39 is 20.0 Å². The Bertz CT molecular complexity index is 748. The Morgan fingerprint density at radius 2 is 1.02 bits per heavy atom. The third-order valence-corrected chi connectivity index (χ3v) is 10.1. The monoisotopic (exact) mass is 692 g/mol. The topological polar surface area (TPSA) is 105 Å². The van der Waals surface area contributed by atoms with Gasteiger partial charge >= 0.3 is 7.82 Å². The number of nitrogens with zero attached hydrogens (tertiary/aromatic N) is 1. The smallest absolute Gasteiger partial charge is 0.391 e. The number of carbonyl (C=O) groups excluding carboxylic acids is 1. The van der Waals surface area contributed by atoms with E-state index >= 15 is 0 Å². The molecule has 0 spiro atoms. The highest BCUT2D eigenvalue weighted by Crippen LogP contribution is 2.43. The summed E-state index contributed by atoms with van der Waals surface area (Å²) in [5.74, 6) is -0.144. The average Bonchev–Trinajstić information content (AvgIpc) is 3.01. The summed E-state index contributed by atoms with van der Waals surface area (Å²) in [4.78, 5) is 23.0. The molecule has 3 unspecified atom stereocenters. The van der Waals surface area contributed by atoms with Gasteiger partial charge in [-0.25, -0.2) is 4.57 Å². The highest BCUT2D eigenvalue weighted by atomic mass is 31.2. The van der Waals surface area contributed by atoms with Gasteiger partial charge in [0.1, 0.15) is 13.2 Å². The van der Waals surface area contributed by atoms with Gasteiger partial charge in [0.25, 0.3) is 0 Å². The molecule has 9 heteroatoms. The van der Waals surface area contributed by atoms with E-state index in [9.17, 15) is 19.4 Å². The largest absolute Gasteiger partial charge is 0.472 e. The fraction of sp³-hybridized carbons (Fsp3) is 0.974. The molecule has 0 aromatic carbocycles. The van der Waals surface area contributed by atoms with Crippen LogP contribution in [0.5, 0.6) is 0 Å². The molecule has 0 saturated heterocycles. The molecule has 282 valence electrons. The molecule has 1 amide bonds. The van der Waals surface area contributed by atoms with E-state index in [0.29, 0.717) is 23.9 Å². The molecule has 0 aliphatic heterocycles. The third-order valence-electron chi connectivity index (χ3n) is 9.11. The van der Waals surface area contributed by atoms with Crippen LogP contribution in [0, 0.1) is 0 Å². The lowest BCUT2D eigenvalue weighted by atomic mass is 10.0. The Balaban J connectivity index is 4.38. The number of nitrogens with one attached hydrogen (secondary N) is 1. The number of carbonyl (C=O) groups is 1. The van der Waals surface area contributed by atoms with E-state index in [2.05, 4.69) is 19.2 Å². The van der Waals surface area contributed by atoms with Crippen molar-refractivity contribution in [3.8, 4) is 0 Å². The summed E-state index contributed by atoms with van der Waals surface area (Å²) in [7, 11) is 1.62. The van der Waals surface area contributed by atoms with Gasteiger partial charge in [0.2, 0.25) is 5.91 Å². The van der Waals surface area contributed by atoms with Crippen molar-refractivity contribution in [2.45, 2.75) is 199 Å². The van der Waals surface area contributed by atoms with Gasteiger partial charge in [-0.15, -0.1) is 0 Å². The fourth-order valence-electron chi connectivity index (χ4n) is 5.87. The number of rotatable bonds is 36. The molecular weight excluding hydrogens is 611 g/mol. The van der Waals surface area contributed by atoms with Crippen LogP contribution in [0.2, 0.25) is 0 Å². The van der Waals surface area contributed by atoms with Crippen LogP contribution >= 0.6 is 7.82 Å². The first-order valence-corrected chi connectivity index (χ1v) is 21.4. The zero-order chi connectivity index (χ0) is 35.1. The highest BCUT2D eigenvalue weighted by Gasteiger charge is 2.28. The van der Waals surface area contributed by atoms with Gasteiger partial charge < -0.3 is 19.8 Å². The van der Waals surface area contributed by atoms with Crippen LogP contribution in [-0.4, -0.2) is 73.4 Å². The van der Waals surface area contributed by atoms with Crippen LogP contribution < -0.4 is 5.32 Å². The summed E-state index contributed by atoms with van der Waals surface area (Å²) in [5, 5.41) is 13.9. The first-order valence-electron chi connectivity index (χ1n) is 19.9. The molecule has 0 rings (SSSR count). The Hall–Kier alpha value is -0.500. The average molecular weight is 692 g/mol. The van der Waals surface area contributed by atoms with Gasteiger partial charge in [0.15, 0.2) is 0 Å². The van der Waals surface area contributed by atoms with Crippen molar-refractivity contribution >= 4 is 13.7 Å². The number of likely N-dealkylation sites (N-methyl/N-ethyl adjacent to an activating group) is 1. The van der Waals surface area contributed by atoms with Crippen LogP contribution in [0.15, 0.2) is 0 Å². The van der Waals surface area contributed by atoms with Gasteiger partial charge in [0.05, 0.1) is 39.9 Å². The molecule has 8 nitrogen and oxygen atoms in total. The maximum Gasteiger partial charge on any atom is 0.472 e. The number of phosphoric ester groups is 1. The van der Waals surface area contributed by atoms with Crippen LogP contribution in [0.25, 0.3) is 0 Å². The molecule has 0 aromatic rings. The molecule has 0 aliphatic rings. The Labute approximate surface area is 291 Å². The van der Waals surface area contributed by atoms with Gasteiger partial charge in [-0.1, -0.05) is 168 Å². The molecule has 0 fully saturated rings. The minimum Gasteiger partial charge on any atom is -0.391 e. The predicted octanol–water partition coefficient (Wildman–Crippen LogP) is 10.2. The molecule has 3 atom stereocenters. The second kappa shape index (κ2) is 31.5. The maximum atomic E-state index is 12.8. The number of aliphatic hydroxyl groups is 1. The summed E-state index contributed by atoms with van der Waals surface area (Å²) in [6.45, 7) is 4.87. The molecule has 0 saturated carbocycles.